The Kier molecular flexibility index (Phi) is 5.86. The van der Waals surface area contributed by atoms with Gasteiger partial charge in [0.2, 0.25) is 0 Å². The van der Waals surface area contributed by atoms with Crippen LogP contribution in [0.5, 0.6) is 0 Å². The van der Waals surface area contributed by atoms with Crippen LogP contribution < -0.4 is 0 Å². The SMILES string of the molecule is CCCC(c1ccccc1)N(C)CC(C)C(=O)O. The lowest BCUT2D eigenvalue weighted by Crippen LogP contribution is -2.32. The Morgan fingerprint density at radius 1 is 1.33 bits per heavy atom. The summed E-state index contributed by atoms with van der Waals surface area (Å²) in [7, 11) is 2.01. The van der Waals surface area contributed by atoms with E-state index in [0.29, 0.717) is 12.6 Å². The molecule has 0 amide bonds. The summed E-state index contributed by atoms with van der Waals surface area (Å²) in [4.78, 5) is 13.1. The topological polar surface area (TPSA) is 40.5 Å². The lowest BCUT2D eigenvalue weighted by molar-refractivity contribution is -0.141. The molecule has 0 bridgehead atoms. The number of hydrogen-bond acceptors (Lipinski definition) is 2. The third-order valence-corrected chi connectivity index (χ3v) is 3.26. The minimum atomic E-state index is -0.731. The highest BCUT2D eigenvalue weighted by molar-refractivity contribution is 5.69. The summed E-state index contributed by atoms with van der Waals surface area (Å²) in [5.74, 6) is -1.07. The van der Waals surface area contributed by atoms with Crippen LogP contribution in [0.2, 0.25) is 0 Å². The molecule has 2 atom stereocenters. The van der Waals surface area contributed by atoms with Gasteiger partial charge in [0.15, 0.2) is 0 Å². The Labute approximate surface area is 109 Å². The van der Waals surface area contributed by atoms with E-state index in [0.717, 1.165) is 12.8 Å². The fourth-order valence-electron chi connectivity index (χ4n) is 2.23. The standard InChI is InChI=1S/C15H23NO2/c1-4-8-14(13-9-6-5-7-10-13)16(3)11-12(2)15(17)18/h5-7,9-10,12,14H,4,8,11H2,1-3H3,(H,17,18). The van der Waals surface area contributed by atoms with Crippen molar-refractivity contribution in [2.75, 3.05) is 13.6 Å². The lowest BCUT2D eigenvalue weighted by Gasteiger charge is -2.29. The van der Waals surface area contributed by atoms with Crippen LogP contribution in [0.4, 0.5) is 0 Å². The van der Waals surface area contributed by atoms with Crippen molar-refractivity contribution in [3.63, 3.8) is 0 Å². The fraction of sp³-hybridized carbons (Fsp3) is 0.533. The molecule has 0 aliphatic heterocycles. The minimum absolute atomic E-state index is 0.304. The monoisotopic (exact) mass is 249 g/mol. The summed E-state index contributed by atoms with van der Waals surface area (Å²) < 4.78 is 0. The number of carboxylic acids is 1. The van der Waals surface area contributed by atoms with Crippen molar-refractivity contribution in [3.05, 3.63) is 35.9 Å². The molecule has 3 heteroatoms. The molecule has 1 aromatic rings. The molecule has 0 heterocycles. The zero-order valence-electron chi connectivity index (χ0n) is 11.5. The molecule has 2 unspecified atom stereocenters. The Morgan fingerprint density at radius 2 is 1.94 bits per heavy atom. The average Bonchev–Trinajstić information content (AvgIpc) is 2.36. The summed E-state index contributed by atoms with van der Waals surface area (Å²) in [5.41, 5.74) is 1.26. The maximum atomic E-state index is 10.9. The number of carboxylic acid groups (broad SMARTS) is 1. The average molecular weight is 249 g/mol. The Bertz CT molecular complexity index is 364. The van der Waals surface area contributed by atoms with Crippen LogP contribution in [0.25, 0.3) is 0 Å². The van der Waals surface area contributed by atoms with E-state index in [1.165, 1.54) is 5.56 Å². The van der Waals surface area contributed by atoms with Crippen molar-refractivity contribution in [3.8, 4) is 0 Å². The van der Waals surface area contributed by atoms with Crippen LogP contribution in [-0.2, 0) is 4.79 Å². The Hall–Kier alpha value is -1.35. The molecule has 3 nitrogen and oxygen atoms in total. The number of carbonyl (C=O) groups is 1. The van der Waals surface area contributed by atoms with Gasteiger partial charge in [0.25, 0.3) is 0 Å². The molecule has 18 heavy (non-hydrogen) atoms. The van der Waals surface area contributed by atoms with Crippen molar-refractivity contribution in [2.45, 2.75) is 32.7 Å². The van der Waals surface area contributed by atoms with Crippen molar-refractivity contribution in [1.82, 2.24) is 4.90 Å². The van der Waals surface area contributed by atoms with Gasteiger partial charge in [-0.05, 0) is 19.0 Å². The first-order valence-electron chi connectivity index (χ1n) is 6.54. The molecule has 0 aliphatic rings. The largest absolute Gasteiger partial charge is 0.481 e. The minimum Gasteiger partial charge on any atom is -0.481 e. The molecule has 0 saturated heterocycles. The van der Waals surface area contributed by atoms with Crippen LogP contribution in [0.15, 0.2) is 30.3 Å². The Morgan fingerprint density at radius 3 is 2.44 bits per heavy atom. The fourth-order valence-corrected chi connectivity index (χ4v) is 2.23. The third kappa shape index (κ3) is 4.15. The van der Waals surface area contributed by atoms with Gasteiger partial charge in [0.05, 0.1) is 5.92 Å². The van der Waals surface area contributed by atoms with Crippen molar-refractivity contribution in [2.24, 2.45) is 5.92 Å². The van der Waals surface area contributed by atoms with Gasteiger partial charge in [-0.2, -0.15) is 0 Å². The van der Waals surface area contributed by atoms with Gasteiger partial charge in [-0.3, -0.25) is 9.69 Å². The van der Waals surface area contributed by atoms with Gasteiger partial charge >= 0.3 is 5.97 Å². The van der Waals surface area contributed by atoms with Crippen LogP contribution in [-0.4, -0.2) is 29.6 Å². The summed E-state index contributed by atoms with van der Waals surface area (Å²) in [6.45, 7) is 4.49. The van der Waals surface area contributed by atoms with Gasteiger partial charge < -0.3 is 5.11 Å². The molecule has 0 fully saturated rings. The first kappa shape index (κ1) is 14.7. The van der Waals surface area contributed by atoms with Crippen LogP contribution in [0.3, 0.4) is 0 Å². The smallest absolute Gasteiger partial charge is 0.307 e. The lowest BCUT2D eigenvalue weighted by atomic mass is 10.00. The molecule has 0 spiro atoms. The van der Waals surface area contributed by atoms with Gasteiger partial charge in [-0.25, -0.2) is 0 Å². The van der Waals surface area contributed by atoms with Crippen molar-refractivity contribution >= 4 is 5.97 Å². The highest BCUT2D eigenvalue weighted by Crippen LogP contribution is 2.25. The van der Waals surface area contributed by atoms with Gasteiger partial charge in [0.1, 0.15) is 0 Å². The van der Waals surface area contributed by atoms with E-state index in [1.54, 1.807) is 6.92 Å². The molecule has 0 aliphatic carbocycles. The highest BCUT2D eigenvalue weighted by atomic mass is 16.4. The molecule has 1 aromatic carbocycles. The zero-order valence-corrected chi connectivity index (χ0v) is 11.5. The normalized spacial score (nSPS) is 14.4. The predicted octanol–water partition coefficient (Wildman–Crippen LogP) is 3.18. The quantitative estimate of drug-likeness (QED) is 0.807. The summed E-state index contributed by atoms with van der Waals surface area (Å²) in [5, 5.41) is 8.99. The first-order chi connectivity index (χ1) is 8.56. The first-order valence-corrected chi connectivity index (χ1v) is 6.54. The van der Waals surface area contributed by atoms with Gasteiger partial charge in [-0.15, -0.1) is 0 Å². The van der Waals surface area contributed by atoms with E-state index in [1.807, 2.05) is 25.2 Å². The summed E-state index contributed by atoms with van der Waals surface area (Å²) in [6, 6.07) is 10.6. The van der Waals surface area contributed by atoms with Crippen LogP contribution in [0.1, 0.15) is 38.3 Å². The van der Waals surface area contributed by atoms with E-state index in [2.05, 4.69) is 24.0 Å². The van der Waals surface area contributed by atoms with E-state index in [4.69, 9.17) is 5.11 Å². The van der Waals surface area contributed by atoms with E-state index >= 15 is 0 Å². The van der Waals surface area contributed by atoms with E-state index in [9.17, 15) is 4.79 Å². The molecule has 0 saturated carbocycles. The number of aliphatic carboxylic acids is 1. The number of nitrogens with zero attached hydrogens (tertiary/aromatic N) is 1. The van der Waals surface area contributed by atoms with Crippen molar-refractivity contribution in [1.29, 1.82) is 0 Å². The highest BCUT2D eigenvalue weighted by Gasteiger charge is 2.20. The summed E-state index contributed by atoms with van der Waals surface area (Å²) in [6.07, 6.45) is 2.14. The van der Waals surface area contributed by atoms with Crippen LogP contribution >= 0.6 is 0 Å². The number of benzene rings is 1. The molecule has 0 aromatic heterocycles. The van der Waals surface area contributed by atoms with Crippen LogP contribution in [0, 0.1) is 5.92 Å². The molecular weight excluding hydrogens is 226 g/mol. The maximum absolute atomic E-state index is 10.9. The maximum Gasteiger partial charge on any atom is 0.307 e. The second-order valence-corrected chi connectivity index (χ2v) is 4.89. The Balaban J connectivity index is 2.76. The van der Waals surface area contributed by atoms with Crippen molar-refractivity contribution < 1.29 is 9.90 Å². The zero-order chi connectivity index (χ0) is 13.5. The van der Waals surface area contributed by atoms with Gasteiger partial charge in [-0.1, -0.05) is 50.6 Å². The molecule has 100 valence electrons. The summed E-state index contributed by atoms with van der Waals surface area (Å²) >= 11 is 0. The third-order valence-electron chi connectivity index (χ3n) is 3.26. The van der Waals surface area contributed by atoms with Gasteiger partial charge in [0, 0.05) is 12.6 Å². The van der Waals surface area contributed by atoms with E-state index in [-0.39, 0.29) is 5.92 Å². The predicted molar refractivity (Wildman–Crippen MR) is 73.5 cm³/mol. The number of rotatable bonds is 7. The second-order valence-electron chi connectivity index (χ2n) is 4.89. The molecule has 1 rings (SSSR count). The molecular formula is C15H23NO2. The second kappa shape index (κ2) is 7.17. The number of hydrogen-bond donors (Lipinski definition) is 1. The molecule has 0 radical (unpaired) electrons. The molecule has 1 N–H and O–H groups in total. The van der Waals surface area contributed by atoms with E-state index < -0.39 is 5.97 Å².